The molecule has 0 bridgehead atoms. The van der Waals surface area contributed by atoms with E-state index in [1.54, 1.807) is 19.1 Å². The van der Waals surface area contributed by atoms with E-state index < -0.39 is 28.5 Å². The zero-order valence-electron chi connectivity index (χ0n) is 21.4. The maximum atomic E-state index is 13.7. The van der Waals surface area contributed by atoms with Gasteiger partial charge in [-0.15, -0.1) is 0 Å². The Morgan fingerprint density at radius 2 is 1.69 bits per heavy atom. The highest BCUT2D eigenvalue weighted by Crippen LogP contribution is 2.34. The van der Waals surface area contributed by atoms with Crippen molar-refractivity contribution in [2.75, 3.05) is 31.3 Å². The Bertz CT molecular complexity index is 1160. The molecule has 9 nitrogen and oxygen atoms in total. The van der Waals surface area contributed by atoms with E-state index in [1.807, 2.05) is 38.1 Å². The highest BCUT2D eigenvalue weighted by Gasteiger charge is 2.31. The number of hydrogen-bond donors (Lipinski definition) is 1. The van der Waals surface area contributed by atoms with Crippen molar-refractivity contribution in [3.05, 3.63) is 52.5 Å². The summed E-state index contributed by atoms with van der Waals surface area (Å²) in [6.07, 6.45) is 1.74. The SMILES string of the molecule is CCC(C)NC(=O)C(C)N(Cc1ccc(Br)cc1)C(=O)CN(c1cc(OC)ccc1OC)S(C)(=O)=O. The number of benzene rings is 2. The lowest BCUT2D eigenvalue weighted by Crippen LogP contribution is -2.52. The lowest BCUT2D eigenvalue weighted by atomic mass is 10.1. The van der Waals surface area contributed by atoms with Gasteiger partial charge in [-0.2, -0.15) is 0 Å². The Hall–Kier alpha value is -2.79. The molecule has 0 aliphatic carbocycles. The fourth-order valence-electron chi connectivity index (χ4n) is 3.42. The number of nitrogens with one attached hydrogen (secondary N) is 1. The van der Waals surface area contributed by atoms with Gasteiger partial charge in [0.1, 0.15) is 24.1 Å². The van der Waals surface area contributed by atoms with Crippen LogP contribution in [-0.2, 0) is 26.2 Å². The highest BCUT2D eigenvalue weighted by atomic mass is 79.9. The monoisotopic (exact) mass is 583 g/mol. The van der Waals surface area contributed by atoms with Crippen LogP contribution in [0.1, 0.15) is 32.8 Å². The molecule has 36 heavy (non-hydrogen) atoms. The molecule has 0 fully saturated rings. The third-order valence-electron chi connectivity index (χ3n) is 5.77. The molecular formula is C25H34BrN3O6S. The minimum atomic E-state index is -3.91. The van der Waals surface area contributed by atoms with Crippen molar-refractivity contribution < 1.29 is 27.5 Å². The lowest BCUT2D eigenvalue weighted by molar-refractivity contribution is -0.139. The fraction of sp³-hybridized carbons (Fsp3) is 0.440. The normalized spacial score (nSPS) is 12.9. The molecule has 0 heterocycles. The summed E-state index contributed by atoms with van der Waals surface area (Å²) in [4.78, 5) is 28.0. The van der Waals surface area contributed by atoms with Crippen molar-refractivity contribution in [3.8, 4) is 11.5 Å². The summed E-state index contributed by atoms with van der Waals surface area (Å²) in [6.45, 7) is 5.05. The average molecular weight is 585 g/mol. The van der Waals surface area contributed by atoms with Gasteiger partial charge in [-0.1, -0.05) is 35.0 Å². The van der Waals surface area contributed by atoms with Gasteiger partial charge in [0.2, 0.25) is 21.8 Å². The van der Waals surface area contributed by atoms with Crippen LogP contribution in [0.25, 0.3) is 0 Å². The number of anilines is 1. The molecule has 0 spiro atoms. The van der Waals surface area contributed by atoms with E-state index in [0.717, 1.165) is 27.0 Å². The summed E-state index contributed by atoms with van der Waals surface area (Å²) in [7, 11) is -1.04. The van der Waals surface area contributed by atoms with Gasteiger partial charge in [-0.3, -0.25) is 13.9 Å². The van der Waals surface area contributed by atoms with Gasteiger partial charge in [0.05, 0.1) is 26.2 Å². The van der Waals surface area contributed by atoms with Crippen molar-refractivity contribution in [3.63, 3.8) is 0 Å². The number of ether oxygens (including phenoxy) is 2. The quantitative estimate of drug-likeness (QED) is 0.409. The number of sulfonamides is 1. The third-order valence-corrected chi connectivity index (χ3v) is 7.42. The van der Waals surface area contributed by atoms with Gasteiger partial charge in [0.25, 0.3) is 0 Å². The predicted octanol–water partition coefficient (Wildman–Crippen LogP) is 3.56. The van der Waals surface area contributed by atoms with E-state index in [1.165, 1.54) is 25.2 Å². The topological polar surface area (TPSA) is 105 Å². The van der Waals surface area contributed by atoms with E-state index in [4.69, 9.17) is 9.47 Å². The molecule has 0 aromatic heterocycles. The molecular weight excluding hydrogens is 550 g/mol. The molecule has 0 aliphatic rings. The summed E-state index contributed by atoms with van der Waals surface area (Å²) >= 11 is 3.39. The van der Waals surface area contributed by atoms with Crippen LogP contribution >= 0.6 is 15.9 Å². The van der Waals surface area contributed by atoms with Crippen molar-refractivity contribution in [2.24, 2.45) is 0 Å². The molecule has 2 aromatic carbocycles. The zero-order chi connectivity index (χ0) is 27.0. The minimum absolute atomic E-state index is 0.0712. The molecule has 198 valence electrons. The van der Waals surface area contributed by atoms with Crippen LogP contribution in [0.5, 0.6) is 11.5 Å². The predicted molar refractivity (Wildman–Crippen MR) is 144 cm³/mol. The Balaban J connectivity index is 2.47. The molecule has 11 heteroatoms. The van der Waals surface area contributed by atoms with E-state index >= 15 is 0 Å². The van der Waals surface area contributed by atoms with Gasteiger partial charge >= 0.3 is 0 Å². The average Bonchev–Trinajstić information content (AvgIpc) is 2.85. The van der Waals surface area contributed by atoms with Crippen molar-refractivity contribution >= 4 is 43.5 Å². The van der Waals surface area contributed by atoms with Gasteiger partial charge in [0.15, 0.2) is 0 Å². The van der Waals surface area contributed by atoms with E-state index in [-0.39, 0.29) is 29.9 Å². The molecule has 2 aromatic rings. The van der Waals surface area contributed by atoms with Crippen molar-refractivity contribution in [2.45, 2.75) is 45.8 Å². The van der Waals surface area contributed by atoms with Crippen LogP contribution in [0, 0.1) is 0 Å². The van der Waals surface area contributed by atoms with Crippen LogP contribution < -0.4 is 19.1 Å². The van der Waals surface area contributed by atoms with Gasteiger partial charge in [-0.05, 0) is 50.1 Å². The summed E-state index contributed by atoms with van der Waals surface area (Å²) in [5, 5.41) is 2.90. The first-order valence-corrected chi connectivity index (χ1v) is 14.1. The smallest absolute Gasteiger partial charge is 0.244 e. The third kappa shape index (κ3) is 7.86. The Labute approximate surface area is 221 Å². The summed E-state index contributed by atoms with van der Waals surface area (Å²) in [6, 6.07) is 11.1. The van der Waals surface area contributed by atoms with E-state index in [9.17, 15) is 18.0 Å². The molecule has 2 amide bonds. The second-order valence-electron chi connectivity index (χ2n) is 8.45. The van der Waals surface area contributed by atoms with Gasteiger partial charge in [0, 0.05) is 23.1 Å². The number of carbonyl (C=O) groups is 2. The first-order chi connectivity index (χ1) is 16.9. The molecule has 0 saturated heterocycles. The van der Waals surface area contributed by atoms with Crippen LogP contribution in [0.2, 0.25) is 0 Å². The van der Waals surface area contributed by atoms with E-state index in [2.05, 4.69) is 21.2 Å². The Morgan fingerprint density at radius 1 is 1.06 bits per heavy atom. The fourth-order valence-corrected chi connectivity index (χ4v) is 4.53. The standard InChI is InChI=1S/C25H34BrN3O6S/c1-7-17(2)27-25(31)18(3)28(15-19-8-10-20(26)11-9-19)24(30)16-29(36(6,32)33)22-14-21(34-4)12-13-23(22)35-5/h8-14,17-18H,7,15-16H2,1-6H3,(H,27,31). The van der Waals surface area contributed by atoms with Crippen LogP contribution in [0.15, 0.2) is 46.9 Å². The summed E-state index contributed by atoms with van der Waals surface area (Å²) in [5.41, 5.74) is 0.951. The lowest BCUT2D eigenvalue weighted by Gasteiger charge is -2.32. The minimum Gasteiger partial charge on any atom is -0.497 e. The first kappa shape index (κ1) is 29.4. The largest absolute Gasteiger partial charge is 0.497 e. The number of rotatable bonds is 12. The van der Waals surface area contributed by atoms with E-state index in [0.29, 0.717) is 5.75 Å². The second kappa shape index (κ2) is 13.0. The van der Waals surface area contributed by atoms with Crippen LogP contribution in [-0.4, -0.2) is 64.2 Å². The number of nitrogens with zero attached hydrogens (tertiary/aromatic N) is 2. The highest BCUT2D eigenvalue weighted by molar-refractivity contribution is 9.10. The maximum Gasteiger partial charge on any atom is 0.244 e. The maximum absolute atomic E-state index is 13.7. The molecule has 1 N–H and O–H groups in total. The second-order valence-corrected chi connectivity index (χ2v) is 11.3. The zero-order valence-corrected chi connectivity index (χ0v) is 23.9. The van der Waals surface area contributed by atoms with Crippen LogP contribution in [0.4, 0.5) is 5.69 Å². The molecule has 0 radical (unpaired) electrons. The Kier molecular flexibility index (Phi) is 10.6. The van der Waals surface area contributed by atoms with Gasteiger partial charge in [-0.25, -0.2) is 8.42 Å². The van der Waals surface area contributed by atoms with Crippen molar-refractivity contribution in [1.29, 1.82) is 0 Å². The molecule has 0 aliphatic heterocycles. The number of halogens is 1. The van der Waals surface area contributed by atoms with Crippen molar-refractivity contribution in [1.82, 2.24) is 10.2 Å². The number of amides is 2. The number of methoxy groups -OCH3 is 2. The molecule has 0 saturated carbocycles. The number of hydrogen-bond acceptors (Lipinski definition) is 6. The number of carbonyl (C=O) groups excluding carboxylic acids is 2. The molecule has 2 atom stereocenters. The van der Waals surface area contributed by atoms with Gasteiger partial charge < -0.3 is 19.7 Å². The molecule has 2 unspecified atom stereocenters. The molecule has 2 rings (SSSR count). The van der Waals surface area contributed by atoms with Crippen LogP contribution in [0.3, 0.4) is 0 Å². The summed E-state index contributed by atoms with van der Waals surface area (Å²) in [5.74, 6) is -0.198. The summed E-state index contributed by atoms with van der Waals surface area (Å²) < 4.78 is 38.1. The first-order valence-electron chi connectivity index (χ1n) is 11.4. The Morgan fingerprint density at radius 3 is 2.22 bits per heavy atom.